The third-order valence-electron chi connectivity index (χ3n) is 11.1. The molecule has 0 amide bonds. The van der Waals surface area contributed by atoms with Crippen molar-refractivity contribution in [1.29, 1.82) is 0 Å². The van der Waals surface area contributed by atoms with Gasteiger partial charge in [0.2, 0.25) is 0 Å². The second-order valence-corrected chi connectivity index (χ2v) is 14.5. The summed E-state index contributed by atoms with van der Waals surface area (Å²) in [4.78, 5) is 2.45. The highest BCUT2D eigenvalue weighted by Gasteiger charge is 2.37. The van der Waals surface area contributed by atoms with Crippen LogP contribution in [0.1, 0.15) is 25.0 Å². The van der Waals surface area contributed by atoms with Gasteiger partial charge in [0, 0.05) is 33.0 Å². The number of benzene rings is 8. The number of rotatable bonds is 6. The highest BCUT2D eigenvalue weighted by molar-refractivity contribution is 6.06. The van der Waals surface area contributed by atoms with Crippen molar-refractivity contribution in [2.45, 2.75) is 19.3 Å². The predicted molar refractivity (Wildman–Crippen MR) is 222 cm³/mol. The molecule has 0 fully saturated rings. The van der Waals surface area contributed by atoms with E-state index in [0.29, 0.717) is 0 Å². The molecule has 1 aliphatic rings. The Balaban J connectivity index is 1.20. The van der Waals surface area contributed by atoms with Crippen LogP contribution in [0.5, 0.6) is 0 Å². The summed E-state index contributed by atoms with van der Waals surface area (Å²) in [5.41, 5.74) is 17.4. The summed E-state index contributed by atoms with van der Waals surface area (Å²) in [7, 11) is 0. The summed E-state index contributed by atoms with van der Waals surface area (Å²) in [5.74, 6) is 0. The summed E-state index contributed by atoms with van der Waals surface area (Å²) in [6.07, 6.45) is 0. The summed E-state index contributed by atoms with van der Waals surface area (Å²) < 4.78 is 6.33. The van der Waals surface area contributed by atoms with Crippen LogP contribution in [-0.4, -0.2) is 0 Å². The molecule has 0 saturated carbocycles. The maximum atomic E-state index is 6.33. The van der Waals surface area contributed by atoms with Gasteiger partial charge in [-0.2, -0.15) is 0 Å². The van der Waals surface area contributed by atoms with Gasteiger partial charge in [-0.1, -0.05) is 159 Å². The van der Waals surface area contributed by atoms with Gasteiger partial charge in [0.05, 0.1) is 11.4 Å². The Morgan fingerprint density at radius 2 is 0.981 bits per heavy atom. The van der Waals surface area contributed by atoms with Crippen LogP contribution in [0.3, 0.4) is 0 Å². The highest BCUT2D eigenvalue weighted by atomic mass is 16.3. The van der Waals surface area contributed by atoms with Gasteiger partial charge >= 0.3 is 0 Å². The van der Waals surface area contributed by atoms with Gasteiger partial charge in [0.15, 0.2) is 0 Å². The Morgan fingerprint density at radius 1 is 0.396 bits per heavy atom. The molecule has 53 heavy (non-hydrogen) atoms. The number of fused-ring (bicyclic) bond motifs is 6. The lowest BCUT2D eigenvalue weighted by Crippen LogP contribution is -2.15. The average molecular weight is 680 g/mol. The zero-order valence-electron chi connectivity index (χ0n) is 29.8. The molecule has 0 unspecified atom stereocenters. The molecule has 0 atom stereocenters. The fourth-order valence-electron chi connectivity index (χ4n) is 8.54. The maximum Gasteiger partial charge on any atom is 0.136 e. The monoisotopic (exact) mass is 679 g/mol. The van der Waals surface area contributed by atoms with E-state index in [9.17, 15) is 0 Å². The van der Waals surface area contributed by atoms with Crippen molar-refractivity contribution >= 4 is 39.0 Å². The molecule has 0 bridgehead atoms. The molecule has 9 aromatic rings. The van der Waals surface area contributed by atoms with Crippen molar-refractivity contribution in [3.8, 4) is 44.5 Å². The van der Waals surface area contributed by atoms with Gasteiger partial charge in [-0.15, -0.1) is 0 Å². The lowest BCUT2D eigenvalue weighted by atomic mass is 9.82. The van der Waals surface area contributed by atoms with E-state index in [1.807, 2.05) is 12.1 Å². The Morgan fingerprint density at radius 3 is 1.83 bits per heavy atom. The zero-order chi connectivity index (χ0) is 35.5. The zero-order valence-corrected chi connectivity index (χ0v) is 29.8. The third-order valence-corrected chi connectivity index (χ3v) is 11.1. The summed E-state index contributed by atoms with van der Waals surface area (Å²) in [5, 5.41) is 2.27. The van der Waals surface area contributed by atoms with Gasteiger partial charge in [-0.25, -0.2) is 0 Å². The minimum Gasteiger partial charge on any atom is -0.456 e. The molecule has 1 aromatic heterocycles. The Labute approximate surface area is 310 Å². The van der Waals surface area contributed by atoms with Crippen molar-refractivity contribution in [1.82, 2.24) is 0 Å². The normalized spacial score (nSPS) is 12.9. The van der Waals surface area contributed by atoms with E-state index in [4.69, 9.17) is 4.42 Å². The molecule has 10 rings (SSSR count). The molecule has 0 saturated heterocycles. The molecular weight excluding hydrogens is 643 g/mol. The van der Waals surface area contributed by atoms with E-state index >= 15 is 0 Å². The first-order chi connectivity index (χ1) is 26.1. The standard InChI is InChI=1S/C51H37NO/c1-51(2)44-25-10-6-23-43(44)50-42(24-15-26-45(50)51)39-21-8-12-28-47(39)52(46-27-11-7-20-38(46)34-16-4-3-5-17-34)37-19-14-18-35(32-37)36-30-31-41-40-22-9-13-29-48(40)53-49(41)33-36/h3-33H,1-2H3. The molecular formula is C51H37NO. The molecule has 0 spiro atoms. The number of hydrogen-bond donors (Lipinski definition) is 0. The van der Waals surface area contributed by atoms with Crippen molar-refractivity contribution in [3.63, 3.8) is 0 Å². The number of anilines is 3. The molecule has 2 heteroatoms. The first-order valence-electron chi connectivity index (χ1n) is 18.4. The molecule has 2 nitrogen and oxygen atoms in total. The molecule has 0 radical (unpaired) electrons. The quantitative estimate of drug-likeness (QED) is 0.174. The number of hydrogen-bond acceptors (Lipinski definition) is 2. The van der Waals surface area contributed by atoms with E-state index in [1.165, 1.54) is 44.5 Å². The fraction of sp³-hybridized carbons (Fsp3) is 0.0588. The van der Waals surface area contributed by atoms with Gasteiger partial charge in [-0.05, 0) is 87.0 Å². The first-order valence-corrected chi connectivity index (χ1v) is 18.4. The minimum atomic E-state index is -0.0915. The number of nitrogens with zero attached hydrogens (tertiary/aromatic N) is 1. The first kappa shape index (κ1) is 31.1. The van der Waals surface area contributed by atoms with Gasteiger partial charge in [-0.3, -0.25) is 0 Å². The summed E-state index contributed by atoms with van der Waals surface area (Å²) in [6, 6.07) is 67.9. The van der Waals surface area contributed by atoms with Crippen LogP contribution in [0.25, 0.3) is 66.4 Å². The maximum absolute atomic E-state index is 6.33. The molecule has 1 aliphatic carbocycles. The van der Waals surface area contributed by atoms with Crippen LogP contribution in [0.4, 0.5) is 17.1 Å². The SMILES string of the molecule is CC1(C)c2ccccc2-c2c(-c3ccccc3N(c3cccc(-c4ccc5c(c4)oc4ccccc45)c3)c3ccccc3-c3ccccc3)cccc21. The second kappa shape index (κ2) is 12.3. The highest BCUT2D eigenvalue weighted by Crippen LogP contribution is 2.54. The lowest BCUT2D eigenvalue weighted by molar-refractivity contribution is 0.660. The molecule has 252 valence electrons. The number of para-hydroxylation sites is 3. The van der Waals surface area contributed by atoms with Gasteiger partial charge in [0.25, 0.3) is 0 Å². The van der Waals surface area contributed by atoms with Crippen LogP contribution in [0.2, 0.25) is 0 Å². The van der Waals surface area contributed by atoms with Crippen LogP contribution in [0, 0.1) is 0 Å². The van der Waals surface area contributed by atoms with E-state index in [-0.39, 0.29) is 5.41 Å². The van der Waals surface area contributed by atoms with Crippen LogP contribution in [-0.2, 0) is 5.41 Å². The van der Waals surface area contributed by atoms with Crippen molar-refractivity contribution in [2.24, 2.45) is 0 Å². The Hall–Kier alpha value is -6.64. The van der Waals surface area contributed by atoms with Crippen LogP contribution < -0.4 is 4.90 Å². The van der Waals surface area contributed by atoms with Crippen molar-refractivity contribution in [2.75, 3.05) is 4.90 Å². The fourth-order valence-corrected chi connectivity index (χ4v) is 8.54. The summed E-state index contributed by atoms with van der Waals surface area (Å²) in [6.45, 7) is 4.70. The van der Waals surface area contributed by atoms with Crippen LogP contribution >= 0.6 is 0 Å². The van der Waals surface area contributed by atoms with E-state index in [1.54, 1.807) is 0 Å². The van der Waals surface area contributed by atoms with Gasteiger partial charge in [0.1, 0.15) is 11.2 Å². The van der Waals surface area contributed by atoms with Crippen molar-refractivity contribution < 1.29 is 4.42 Å². The average Bonchev–Trinajstić information content (AvgIpc) is 3.70. The minimum absolute atomic E-state index is 0.0915. The topological polar surface area (TPSA) is 16.4 Å². The van der Waals surface area contributed by atoms with Crippen molar-refractivity contribution in [3.05, 3.63) is 199 Å². The number of furan rings is 1. The Kier molecular flexibility index (Phi) is 7.19. The smallest absolute Gasteiger partial charge is 0.136 e. The van der Waals surface area contributed by atoms with Gasteiger partial charge < -0.3 is 9.32 Å². The van der Waals surface area contributed by atoms with E-state index < -0.39 is 0 Å². The third kappa shape index (κ3) is 5.02. The molecule has 0 N–H and O–H groups in total. The molecule has 8 aromatic carbocycles. The second-order valence-electron chi connectivity index (χ2n) is 14.5. The molecule has 0 aliphatic heterocycles. The van der Waals surface area contributed by atoms with E-state index in [0.717, 1.165) is 50.1 Å². The largest absolute Gasteiger partial charge is 0.456 e. The van der Waals surface area contributed by atoms with Crippen LogP contribution in [0.15, 0.2) is 192 Å². The predicted octanol–water partition coefficient (Wildman–Crippen LogP) is 14.4. The van der Waals surface area contributed by atoms with E-state index in [2.05, 4.69) is 195 Å². The lowest BCUT2D eigenvalue weighted by Gasteiger charge is -2.30. The molecule has 1 heterocycles. The Bertz CT molecular complexity index is 2820. The summed E-state index contributed by atoms with van der Waals surface area (Å²) >= 11 is 0.